The van der Waals surface area contributed by atoms with E-state index in [-0.39, 0.29) is 17.7 Å². The molecule has 0 saturated carbocycles. The van der Waals surface area contributed by atoms with Gasteiger partial charge in [-0.15, -0.1) is 0 Å². The first kappa shape index (κ1) is 18.8. The van der Waals surface area contributed by atoms with Gasteiger partial charge in [-0.25, -0.2) is 8.42 Å². The van der Waals surface area contributed by atoms with E-state index in [1.54, 1.807) is 42.5 Å². The van der Waals surface area contributed by atoms with Crippen LogP contribution in [0.15, 0.2) is 42.5 Å². The van der Waals surface area contributed by atoms with Crippen molar-refractivity contribution in [3.05, 3.63) is 69.2 Å². The normalized spacial score (nSPS) is 12.7. The Morgan fingerprint density at radius 3 is 2.50 bits per heavy atom. The molecule has 0 aliphatic rings. The predicted molar refractivity (Wildman–Crippen MR) is 97.3 cm³/mol. The number of carbonyl (C=O) groups excluding carboxylic acids is 1. The van der Waals surface area contributed by atoms with E-state index in [0.29, 0.717) is 21.2 Å². The Morgan fingerprint density at radius 1 is 1.17 bits per heavy atom. The zero-order valence-electron chi connectivity index (χ0n) is 13.2. The first-order valence-corrected chi connectivity index (χ1v) is 10.00. The van der Waals surface area contributed by atoms with Crippen molar-refractivity contribution in [2.24, 2.45) is 0 Å². The highest BCUT2D eigenvalue weighted by atomic mass is 35.5. The van der Waals surface area contributed by atoms with Crippen molar-refractivity contribution >= 4 is 38.9 Å². The lowest BCUT2D eigenvalue weighted by atomic mass is 10.1. The number of benzene rings is 2. The molecule has 24 heavy (non-hydrogen) atoms. The van der Waals surface area contributed by atoms with Crippen molar-refractivity contribution in [2.45, 2.75) is 18.7 Å². The van der Waals surface area contributed by atoms with Crippen LogP contribution >= 0.6 is 23.2 Å². The quantitative estimate of drug-likeness (QED) is 0.844. The third kappa shape index (κ3) is 5.23. The van der Waals surface area contributed by atoms with Crippen LogP contribution in [0.5, 0.6) is 0 Å². The summed E-state index contributed by atoms with van der Waals surface area (Å²) < 4.78 is 22.8. The smallest absolute Gasteiger partial charge is 0.251 e. The van der Waals surface area contributed by atoms with Gasteiger partial charge in [-0.05, 0) is 42.3 Å². The van der Waals surface area contributed by atoms with Crippen LogP contribution in [0.25, 0.3) is 0 Å². The summed E-state index contributed by atoms with van der Waals surface area (Å²) >= 11 is 12.0. The van der Waals surface area contributed by atoms with Crippen LogP contribution in [0.1, 0.15) is 34.5 Å². The Bertz CT molecular complexity index is 866. The van der Waals surface area contributed by atoms with Gasteiger partial charge in [0.1, 0.15) is 0 Å². The molecule has 0 spiro atoms. The summed E-state index contributed by atoms with van der Waals surface area (Å²) in [5.41, 5.74) is 1.72. The minimum absolute atomic E-state index is 0.104. The molecule has 0 aliphatic heterocycles. The maximum Gasteiger partial charge on any atom is 0.251 e. The predicted octanol–water partition coefficient (Wildman–Crippen LogP) is 4.03. The SMILES string of the molecule is CC(NC(=O)c1cccc(CS(C)(=O)=O)c1)c1ccc(Cl)cc1Cl. The fraction of sp³-hybridized carbons (Fsp3) is 0.235. The molecule has 7 heteroatoms. The minimum Gasteiger partial charge on any atom is -0.345 e. The molecule has 0 aromatic heterocycles. The molecule has 0 saturated heterocycles. The van der Waals surface area contributed by atoms with Gasteiger partial charge in [-0.1, -0.05) is 41.4 Å². The second-order valence-electron chi connectivity index (χ2n) is 5.63. The summed E-state index contributed by atoms with van der Waals surface area (Å²) in [4.78, 5) is 12.4. The van der Waals surface area contributed by atoms with Crippen LogP contribution in [-0.2, 0) is 15.6 Å². The zero-order valence-corrected chi connectivity index (χ0v) is 15.5. The first-order valence-electron chi connectivity index (χ1n) is 7.18. The fourth-order valence-electron chi connectivity index (χ4n) is 2.32. The van der Waals surface area contributed by atoms with Gasteiger partial charge in [-0.3, -0.25) is 4.79 Å². The summed E-state index contributed by atoms with van der Waals surface area (Å²) in [6, 6.07) is 11.3. The molecule has 1 N–H and O–H groups in total. The highest BCUT2D eigenvalue weighted by Gasteiger charge is 2.15. The Kier molecular flexibility index (Phi) is 5.91. The molecular weight excluding hydrogens is 369 g/mol. The summed E-state index contributed by atoms with van der Waals surface area (Å²) in [6.45, 7) is 1.81. The van der Waals surface area contributed by atoms with Gasteiger partial charge in [0.05, 0.1) is 11.8 Å². The van der Waals surface area contributed by atoms with Gasteiger partial charge < -0.3 is 5.32 Å². The molecule has 1 atom stereocenters. The number of sulfone groups is 1. The van der Waals surface area contributed by atoms with E-state index < -0.39 is 9.84 Å². The maximum absolute atomic E-state index is 12.4. The van der Waals surface area contributed by atoms with Crippen LogP contribution in [0.4, 0.5) is 0 Å². The van der Waals surface area contributed by atoms with Gasteiger partial charge in [0.2, 0.25) is 0 Å². The van der Waals surface area contributed by atoms with Crippen molar-refractivity contribution in [2.75, 3.05) is 6.26 Å². The molecule has 2 aromatic carbocycles. The van der Waals surface area contributed by atoms with Crippen molar-refractivity contribution < 1.29 is 13.2 Å². The Morgan fingerprint density at radius 2 is 1.88 bits per heavy atom. The number of amides is 1. The average Bonchev–Trinajstić information content (AvgIpc) is 2.45. The largest absolute Gasteiger partial charge is 0.345 e. The molecule has 0 heterocycles. The number of carbonyl (C=O) groups is 1. The van der Waals surface area contributed by atoms with Crippen molar-refractivity contribution in [3.63, 3.8) is 0 Å². The van der Waals surface area contributed by atoms with E-state index in [2.05, 4.69) is 5.32 Å². The van der Waals surface area contributed by atoms with Crippen LogP contribution in [0.3, 0.4) is 0 Å². The molecule has 4 nitrogen and oxygen atoms in total. The second kappa shape index (κ2) is 7.55. The van der Waals surface area contributed by atoms with Gasteiger partial charge in [0.25, 0.3) is 5.91 Å². The van der Waals surface area contributed by atoms with Gasteiger partial charge >= 0.3 is 0 Å². The van der Waals surface area contributed by atoms with E-state index in [9.17, 15) is 13.2 Å². The van der Waals surface area contributed by atoms with E-state index >= 15 is 0 Å². The number of halogens is 2. The van der Waals surface area contributed by atoms with E-state index in [1.165, 1.54) is 0 Å². The van der Waals surface area contributed by atoms with Crippen LogP contribution in [0, 0.1) is 0 Å². The third-order valence-corrected chi connectivity index (χ3v) is 4.81. The average molecular weight is 386 g/mol. The third-order valence-electron chi connectivity index (χ3n) is 3.39. The Balaban J connectivity index is 2.16. The molecule has 1 unspecified atom stereocenters. The standard InChI is InChI=1S/C17H17Cl2NO3S/c1-11(15-7-6-14(18)9-16(15)19)20-17(21)13-5-3-4-12(8-13)10-24(2,22)23/h3-9,11H,10H2,1-2H3,(H,20,21). The van der Waals surface area contributed by atoms with Crippen LogP contribution in [-0.4, -0.2) is 20.6 Å². The molecular formula is C17H17Cl2NO3S. The van der Waals surface area contributed by atoms with Crippen LogP contribution in [0.2, 0.25) is 10.0 Å². The maximum atomic E-state index is 12.4. The van der Waals surface area contributed by atoms with Crippen LogP contribution < -0.4 is 5.32 Å². The number of nitrogens with one attached hydrogen (secondary N) is 1. The molecule has 128 valence electrons. The first-order chi connectivity index (χ1) is 11.2. The summed E-state index contributed by atoms with van der Waals surface area (Å²) in [6.07, 6.45) is 1.16. The highest BCUT2D eigenvalue weighted by molar-refractivity contribution is 7.89. The molecule has 0 radical (unpaired) electrons. The Labute approximate surface area is 151 Å². The second-order valence-corrected chi connectivity index (χ2v) is 8.62. The molecule has 0 aliphatic carbocycles. The summed E-state index contributed by atoms with van der Waals surface area (Å²) in [5, 5.41) is 3.84. The summed E-state index contributed by atoms with van der Waals surface area (Å²) in [5.74, 6) is -0.406. The molecule has 1 amide bonds. The van der Waals surface area contributed by atoms with Gasteiger partial charge in [0.15, 0.2) is 9.84 Å². The molecule has 2 rings (SSSR count). The van der Waals surface area contributed by atoms with E-state index in [1.807, 2.05) is 6.92 Å². The number of rotatable bonds is 5. The fourth-order valence-corrected chi connectivity index (χ4v) is 3.67. The van der Waals surface area contributed by atoms with E-state index in [0.717, 1.165) is 11.8 Å². The van der Waals surface area contributed by atoms with Crippen molar-refractivity contribution in [1.29, 1.82) is 0 Å². The number of hydrogen-bond donors (Lipinski definition) is 1. The van der Waals surface area contributed by atoms with Crippen molar-refractivity contribution in [3.8, 4) is 0 Å². The zero-order chi connectivity index (χ0) is 17.9. The van der Waals surface area contributed by atoms with Crippen molar-refractivity contribution in [1.82, 2.24) is 5.32 Å². The van der Waals surface area contributed by atoms with Gasteiger partial charge in [0, 0.05) is 21.9 Å². The lowest BCUT2D eigenvalue weighted by Crippen LogP contribution is -2.27. The minimum atomic E-state index is -3.16. The number of hydrogen-bond acceptors (Lipinski definition) is 3. The Hall–Kier alpha value is -1.56. The summed E-state index contributed by atoms with van der Waals surface area (Å²) in [7, 11) is -3.16. The van der Waals surface area contributed by atoms with E-state index in [4.69, 9.17) is 23.2 Å². The molecule has 0 fully saturated rings. The highest BCUT2D eigenvalue weighted by Crippen LogP contribution is 2.26. The lowest BCUT2D eigenvalue weighted by molar-refractivity contribution is 0.0940. The molecule has 0 bridgehead atoms. The monoisotopic (exact) mass is 385 g/mol. The van der Waals surface area contributed by atoms with Gasteiger partial charge in [-0.2, -0.15) is 0 Å². The lowest BCUT2D eigenvalue weighted by Gasteiger charge is -2.16. The topological polar surface area (TPSA) is 63.2 Å². The molecule has 2 aromatic rings.